The van der Waals surface area contributed by atoms with Crippen molar-refractivity contribution in [1.29, 1.82) is 0 Å². The highest BCUT2D eigenvalue weighted by Crippen LogP contribution is 2.27. The molecule has 1 aliphatic heterocycles. The topological polar surface area (TPSA) is 110 Å². The van der Waals surface area contributed by atoms with Crippen LogP contribution in [0.3, 0.4) is 0 Å². The van der Waals surface area contributed by atoms with Gasteiger partial charge in [0.2, 0.25) is 10.0 Å². The molecule has 0 saturated carbocycles. The predicted octanol–water partition coefficient (Wildman–Crippen LogP) is 3.60. The van der Waals surface area contributed by atoms with Crippen LogP contribution in [0.2, 0.25) is 5.02 Å². The second-order valence-electron chi connectivity index (χ2n) is 6.76. The molecule has 0 saturated heterocycles. The number of nitro groups is 1. The number of nitrogens with zero attached hydrogens (tertiary/aromatic N) is 2. The average molecular weight is 438 g/mol. The minimum Gasteiger partial charge on any atom is -0.322 e. The van der Waals surface area contributed by atoms with Gasteiger partial charge in [-0.2, -0.15) is 4.31 Å². The summed E-state index contributed by atoms with van der Waals surface area (Å²) in [5.41, 5.74) is 1.75. The lowest BCUT2D eigenvalue weighted by molar-refractivity contribution is -0.385. The van der Waals surface area contributed by atoms with Gasteiger partial charge in [0.25, 0.3) is 11.6 Å². The van der Waals surface area contributed by atoms with Crippen LogP contribution in [0.25, 0.3) is 0 Å². The molecule has 0 aliphatic carbocycles. The van der Waals surface area contributed by atoms with Gasteiger partial charge in [0.15, 0.2) is 0 Å². The quantitative estimate of drug-likeness (QED) is 0.548. The smallest absolute Gasteiger partial charge is 0.282 e. The summed E-state index contributed by atoms with van der Waals surface area (Å²) in [5.74, 6) is -0.567. The number of sulfonamides is 1. The number of hydrogen-bond donors (Lipinski definition) is 1. The Morgan fingerprint density at radius 2 is 2.00 bits per heavy atom. The molecule has 0 unspecified atom stereocenters. The third-order valence-electron chi connectivity index (χ3n) is 4.70. The summed E-state index contributed by atoms with van der Waals surface area (Å²) in [4.78, 5) is 23.1. The van der Waals surface area contributed by atoms with Gasteiger partial charge in [-0.3, -0.25) is 14.9 Å². The molecule has 3 rings (SSSR count). The number of anilines is 1. The van der Waals surface area contributed by atoms with E-state index >= 15 is 0 Å². The highest BCUT2D eigenvalue weighted by molar-refractivity contribution is 7.89. The van der Waals surface area contributed by atoms with E-state index in [0.29, 0.717) is 25.1 Å². The van der Waals surface area contributed by atoms with Gasteiger partial charge >= 0.3 is 0 Å². The minimum atomic E-state index is -3.32. The van der Waals surface area contributed by atoms with Crippen molar-refractivity contribution in [2.45, 2.75) is 26.3 Å². The molecule has 154 valence electrons. The first kappa shape index (κ1) is 21.2. The number of fused-ring (bicyclic) bond motifs is 1. The fraction of sp³-hybridized carbons (Fsp3) is 0.316. The molecule has 10 heteroatoms. The highest BCUT2D eigenvalue weighted by Gasteiger charge is 2.26. The Morgan fingerprint density at radius 1 is 1.24 bits per heavy atom. The van der Waals surface area contributed by atoms with E-state index in [4.69, 9.17) is 11.6 Å². The summed E-state index contributed by atoms with van der Waals surface area (Å²) in [6, 6.07) is 9.01. The van der Waals surface area contributed by atoms with Crippen molar-refractivity contribution in [2.75, 3.05) is 17.6 Å². The van der Waals surface area contributed by atoms with E-state index in [1.165, 1.54) is 22.5 Å². The molecule has 1 N–H and O–H groups in total. The lowest BCUT2D eigenvalue weighted by atomic mass is 10.0. The standard InChI is InChI=1S/C19H20ClN3O5S/c1-2-9-29(27,28)22-8-7-13-3-5-16(10-14(13)12-22)21-19(24)17-11-15(20)4-6-18(17)23(25)26/h3-6,10-11H,2,7-9,12H2,1H3,(H,21,24). The van der Waals surface area contributed by atoms with Gasteiger partial charge in [-0.1, -0.05) is 24.6 Å². The maximum absolute atomic E-state index is 12.6. The molecule has 0 bridgehead atoms. The Balaban J connectivity index is 1.84. The van der Waals surface area contributed by atoms with Crippen molar-refractivity contribution in [1.82, 2.24) is 4.31 Å². The second-order valence-corrected chi connectivity index (χ2v) is 9.28. The third kappa shape index (κ3) is 4.75. The molecule has 1 aliphatic rings. The van der Waals surface area contributed by atoms with E-state index in [0.717, 1.165) is 11.1 Å². The Labute approximate surface area is 173 Å². The van der Waals surface area contributed by atoms with Crippen molar-refractivity contribution < 1.29 is 18.1 Å². The number of halogens is 1. The Morgan fingerprint density at radius 3 is 2.69 bits per heavy atom. The molecule has 0 spiro atoms. The fourth-order valence-electron chi connectivity index (χ4n) is 3.28. The summed E-state index contributed by atoms with van der Waals surface area (Å²) < 4.78 is 26.2. The summed E-state index contributed by atoms with van der Waals surface area (Å²) in [7, 11) is -3.32. The molecule has 0 radical (unpaired) electrons. The molecular formula is C19H20ClN3O5S. The number of benzene rings is 2. The van der Waals surface area contributed by atoms with Gasteiger partial charge in [0.1, 0.15) is 5.56 Å². The predicted molar refractivity (Wildman–Crippen MR) is 111 cm³/mol. The summed E-state index contributed by atoms with van der Waals surface area (Å²) in [6.07, 6.45) is 1.13. The zero-order valence-electron chi connectivity index (χ0n) is 15.7. The lowest BCUT2D eigenvalue weighted by Crippen LogP contribution is -2.37. The number of nitro benzene ring substituents is 1. The maximum Gasteiger partial charge on any atom is 0.282 e. The lowest BCUT2D eigenvalue weighted by Gasteiger charge is -2.28. The largest absolute Gasteiger partial charge is 0.322 e. The second kappa shape index (κ2) is 8.48. The van der Waals surface area contributed by atoms with Gasteiger partial charge < -0.3 is 5.32 Å². The normalized spacial score (nSPS) is 14.3. The molecule has 0 atom stereocenters. The third-order valence-corrected chi connectivity index (χ3v) is 6.95. The number of rotatable bonds is 6. The van der Waals surface area contributed by atoms with Crippen LogP contribution in [0, 0.1) is 10.1 Å². The maximum atomic E-state index is 12.6. The monoisotopic (exact) mass is 437 g/mol. The Hall–Kier alpha value is -2.49. The van der Waals surface area contributed by atoms with E-state index in [-0.39, 0.29) is 28.6 Å². The van der Waals surface area contributed by atoms with Crippen molar-refractivity contribution in [3.8, 4) is 0 Å². The van der Waals surface area contributed by atoms with Crippen LogP contribution in [0.15, 0.2) is 36.4 Å². The Kier molecular flexibility index (Phi) is 6.21. The van der Waals surface area contributed by atoms with E-state index in [1.807, 2.05) is 13.0 Å². The molecule has 29 heavy (non-hydrogen) atoms. The van der Waals surface area contributed by atoms with Gasteiger partial charge in [0.05, 0.1) is 10.7 Å². The van der Waals surface area contributed by atoms with Crippen LogP contribution in [-0.4, -0.2) is 35.9 Å². The van der Waals surface area contributed by atoms with Gasteiger partial charge in [-0.15, -0.1) is 0 Å². The van der Waals surface area contributed by atoms with Crippen LogP contribution in [0.1, 0.15) is 34.8 Å². The van der Waals surface area contributed by atoms with Gasteiger partial charge in [-0.25, -0.2) is 8.42 Å². The van der Waals surface area contributed by atoms with Crippen molar-refractivity contribution >= 4 is 38.9 Å². The van der Waals surface area contributed by atoms with Crippen LogP contribution < -0.4 is 5.32 Å². The Bertz CT molecular complexity index is 1070. The molecule has 2 aromatic rings. The molecule has 8 nitrogen and oxygen atoms in total. The van der Waals surface area contributed by atoms with E-state index < -0.39 is 20.9 Å². The first-order valence-electron chi connectivity index (χ1n) is 9.06. The van der Waals surface area contributed by atoms with Crippen molar-refractivity contribution in [3.05, 3.63) is 68.2 Å². The van der Waals surface area contributed by atoms with Gasteiger partial charge in [-0.05, 0) is 48.2 Å². The van der Waals surface area contributed by atoms with Crippen LogP contribution in [0.5, 0.6) is 0 Å². The van der Waals surface area contributed by atoms with Crippen LogP contribution in [0.4, 0.5) is 11.4 Å². The van der Waals surface area contributed by atoms with E-state index in [2.05, 4.69) is 5.32 Å². The van der Waals surface area contributed by atoms with Crippen molar-refractivity contribution in [2.24, 2.45) is 0 Å². The summed E-state index contributed by atoms with van der Waals surface area (Å²) >= 11 is 5.88. The van der Waals surface area contributed by atoms with E-state index in [9.17, 15) is 23.3 Å². The number of hydrogen-bond acceptors (Lipinski definition) is 5. The first-order chi connectivity index (χ1) is 13.7. The molecule has 1 amide bonds. The minimum absolute atomic E-state index is 0.0944. The zero-order valence-corrected chi connectivity index (χ0v) is 17.3. The summed E-state index contributed by atoms with van der Waals surface area (Å²) in [6.45, 7) is 2.48. The number of nitrogens with one attached hydrogen (secondary N) is 1. The highest BCUT2D eigenvalue weighted by atomic mass is 35.5. The molecule has 0 aromatic heterocycles. The summed E-state index contributed by atoms with van der Waals surface area (Å²) in [5, 5.41) is 14.0. The van der Waals surface area contributed by atoms with Crippen LogP contribution in [-0.2, 0) is 23.0 Å². The molecule has 2 aromatic carbocycles. The SMILES string of the molecule is CCCS(=O)(=O)N1CCc2ccc(NC(=O)c3cc(Cl)ccc3[N+](=O)[O-])cc2C1. The number of amides is 1. The van der Waals surface area contributed by atoms with E-state index in [1.54, 1.807) is 12.1 Å². The first-order valence-corrected chi connectivity index (χ1v) is 11.0. The van der Waals surface area contributed by atoms with Crippen LogP contribution >= 0.6 is 11.6 Å². The molecule has 1 heterocycles. The van der Waals surface area contributed by atoms with Crippen molar-refractivity contribution in [3.63, 3.8) is 0 Å². The average Bonchev–Trinajstić information content (AvgIpc) is 2.67. The fourth-order valence-corrected chi connectivity index (χ4v) is 4.93. The number of carbonyl (C=O) groups excluding carboxylic acids is 1. The zero-order chi connectivity index (χ0) is 21.2. The molecule has 0 fully saturated rings. The molecular weight excluding hydrogens is 418 g/mol. The van der Waals surface area contributed by atoms with Gasteiger partial charge in [0, 0.05) is 29.9 Å². The number of carbonyl (C=O) groups is 1.